The van der Waals surface area contributed by atoms with Crippen molar-refractivity contribution in [3.8, 4) is 0 Å². The number of aromatic nitrogens is 3. The van der Waals surface area contributed by atoms with Gasteiger partial charge in [-0.1, -0.05) is 11.6 Å². The van der Waals surface area contributed by atoms with Crippen LogP contribution in [0.25, 0.3) is 11.0 Å². The van der Waals surface area contributed by atoms with Gasteiger partial charge in [0.15, 0.2) is 0 Å². The van der Waals surface area contributed by atoms with Crippen LogP contribution >= 0.6 is 11.6 Å². The van der Waals surface area contributed by atoms with Crippen molar-refractivity contribution in [2.45, 2.75) is 51.8 Å². The molecule has 0 bridgehead atoms. The number of primary amides is 1. The Bertz CT molecular complexity index is 1430. The maximum Gasteiger partial charge on any atom is 0.407 e. The van der Waals surface area contributed by atoms with E-state index in [2.05, 4.69) is 10.3 Å². The van der Waals surface area contributed by atoms with Crippen molar-refractivity contribution in [1.29, 1.82) is 0 Å². The molecule has 0 saturated carbocycles. The first-order valence-electron chi connectivity index (χ1n) is 11.9. The molecular weight excluding hydrogens is 503 g/mol. The molecule has 1 aliphatic rings. The highest BCUT2D eigenvalue weighted by Gasteiger charge is 2.32. The zero-order chi connectivity index (χ0) is 27.1. The molecular formula is C25H30ClFN6O4. The number of halogens is 2. The first-order chi connectivity index (χ1) is 17.4. The van der Waals surface area contributed by atoms with Gasteiger partial charge in [0.2, 0.25) is 0 Å². The van der Waals surface area contributed by atoms with Gasteiger partial charge in [0, 0.05) is 31.2 Å². The summed E-state index contributed by atoms with van der Waals surface area (Å²) >= 11 is 6.36. The lowest BCUT2D eigenvalue weighted by atomic mass is 10.1. The summed E-state index contributed by atoms with van der Waals surface area (Å²) < 4.78 is 22.4. The molecule has 1 aliphatic heterocycles. The van der Waals surface area contributed by atoms with Crippen molar-refractivity contribution in [2.75, 3.05) is 18.0 Å². The number of aryl methyl sites for hydroxylation is 1. The number of fused-ring (bicyclic) bond motifs is 1. The van der Waals surface area contributed by atoms with Crippen molar-refractivity contribution in [3.05, 3.63) is 56.8 Å². The van der Waals surface area contributed by atoms with Crippen LogP contribution in [0.3, 0.4) is 0 Å². The maximum absolute atomic E-state index is 14.1. The Labute approximate surface area is 218 Å². The standard InChI is InChI=1S/C25H30ClFN6O4/c1-25(2,3)37-24(36)30-16-6-5-9-32(12-16)22-18(21(28)34)19-20(23(35)31(4)13-29-19)33(22)11-14-10-15(27)7-8-17(14)26/h7-8,10,13,16H,5-6,9,11-12H2,1-4H3,(H2,28,34)(H,30,36)/t16-/m1/s1. The van der Waals surface area contributed by atoms with Crippen LogP contribution in [0.2, 0.25) is 5.02 Å². The molecule has 0 spiro atoms. The lowest BCUT2D eigenvalue weighted by Crippen LogP contribution is -2.49. The lowest BCUT2D eigenvalue weighted by molar-refractivity contribution is 0.0499. The molecule has 198 valence electrons. The minimum atomic E-state index is -0.757. The minimum Gasteiger partial charge on any atom is -0.444 e. The molecule has 1 saturated heterocycles. The number of nitrogens with two attached hydrogens (primary N) is 1. The van der Waals surface area contributed by atoms with Gasteiger partial charge < -0.3 is 29.8 Å². The third-order valence-electron chi connectivity index (χ3n) is 6.12. The molecule has 3 N–H and O–H groups in total. The number of anilines is 1. The summed E-state index contributed by atoms with van der Waals surface area (Å²) in [5, 5.41) is 3.19. The first-order valence-corrected chi connectivity index (χ1v) is 12.3. The van der Waals surface area contributed by atoms with Gasteiger partial charge in [-0.2, -0.15) is 0 Å². The molecule has 12 heteroatoms. The fourth-order valence-corrected chi connectivity index (χ4v) is 4.78. The minimum absolute atomic E-state index is 0.00268. The summed E-state index contributed by atoms with van der Waals surface area (Å²) in [6, 6.07) is 3.67. The smallest absolute Gasteiger partial charge is 0.407 e. The second-order valence-electron chi connectivity index (χ2n) is 10.2. The Morgan fingerprint density at radius 3 is 2.73 bits per heavy atom. The van der Waals surface area contributed by atoms with Crippen LogP contribution in [0, 0.1) is 5.82 Å². The van der Waals surface area contributed by atoms with Crippen molar-refractivity contribution >= 4 is 40.5 Å². The quantitative estimate of drug-likeness (QED) is 0.520. The van der Waals surface area contributed by atoms with E-state index < -0.39 is 29.0 Å². The highest BCUT2D eigenvalue weighted by Crippen LogP contribution is 2.34. The number of hydrogen-bond donors (Lipinski definition) is 2. The zero-order valence-corrected chi connectivity index (χ0v) is 21.9. The maximum atomic E-state index is 14.1. The topological polar surface area (TPSA) is 124 Å². The second-order valence-corrected chi connectivity index (χ2v) is 10.6. The largest absolute Gasteiger partial charge is 0.444 e. The number of ether oxygens (including phenoxy) is 1. The number of nitrogens with one attached hydrogen (secondary N) is 1. The fraction of sp³-hybridized carbons (Fsp3) is 0.440. The van der Waals surface area contributed by atoms with Crippen LogP contribution in [0.5, 0.6) is 0 Å². The van der Waals surface area contributed by atoms with Gasteiger partial charge in [-0.3, -0.25) is 9.59 Å². The molecule has 3 aromatic rings. The number of rotatable bonds is 5. The summed E-state index contributed by atoms with van der Waals surface area (Å²) in [7, 11) is 1.55. The fourth-order valence-electron chi connectivity index (χ4n) is 4.61. The summed E-state index contributed by atoms with van der Waals surface area (Å²) in [4.78, 5) is 44.6. The third kappa shape index (κ3) is 5.56. The summed E-state index contributed by atoms with van der Waals surface area (Å²) in [5.74, 6) is -0.875. The molecule has 1 aromatic carbocycles. The Morgan fingerprint density at radius 1 is 1.32 bits per heavy atom. The van der Waals surface area contributed by atoms with Crippen LogP contribution in [0.1, 0.15) is 49.5 Å². The molecule has 0 unspecified atom stereocenters. The predicted molar refractivity (Wildman–Crippen MR) is 139 cm³/mol. The van der Waals surface area contributed by atoms with Crippen molar-refractivity contribution in [3.63, 3.8) is 0 Å². The number of carbonyl (C=O) groups excluding carboxylic acids is 2. The number of amides is 2. The number of piperidine rings is 1. The number of carbonyl (C=O) groups is 2. The summed E-state index contributed by atoms with van der Waals surface area (Å²) in [6.07, 6.45) is 2.16. The van der Waals surface area contributed by atoms with Gasteiger partial charge in [-0.25, -0.2) is 14.2 Å². The number of alkyl carbamates (subject to hydrolysis) is 1. The normalized spacial score (nSPS) is 16.2. The average molecular weight is 533 g/mol. The predicted octanol–water partition coefficient (Wildman–Crippen LogP) is 3.17. The number of nitrogens with zero attached hydrogens (tertiary/aromatic N) is 4. The van der Waals surface area contributed by atoms with Crippen LogP contribution in [0.4, 0.5) is 15.0 Å². The highest BCUT2D eigenvalue weighted by molar-refractivity contribution is 6.31. The Morgan fingerprint density at radius 2 is 2.05 bits per heavy atom. The molecule has 0 radical (unpaired) electrons. The van der Waals surface area contributed by atoms with Crippen LogP contribution in [0.15, 0.2) is 29.3 Å². The Balaban J connectivity index is 1.83. The van der Waals surface area contributed by atoms with Gasteiger partial charge in [0.05, 0.1) is 12.9 Å². The number of hydrogen-bond acceptors (Lipinski definition) is 6. The van der Waals surface area contributed by atoms with E-state index in [1.54, 1.807) is 32.4 Å². The van der Waals surface area contributed by atoms with Crippen molar-refractivity contribution in [1.82, 2.24) is 19.4 Å². The molecule has 2 amide bonds. The van der Waals surface area contributed by atoms with Crippen molar-refractivity contribution < 1.29 is 18.7 Å². The van der Waals surface area contributed by atoms with E-state index in [1.165, 1.54) is 29.1 Å². The van der Waals surface area contributed by atoms with Crippen molar-refractivity contribution in [2.24, 2.45) is 12.8 Å². The van der Waals surface area contributed by atoms with Gasteiger partial charge in [-0.15, -0.1) is 0 Å². The molecule has 0 aliphatic carbocycles. The van der Waals surface area contributed by atoms with Crippen LogP contribution < -0.4 is 21.5 Å². The van der Waals surface area contributed by atoms with E-state index in [1.807, 2.05) is 4.90 Å². The lowest BCUT2D eigenvalue weighted by Gasteiger charge is -2.36. The second kappa shape index (κ2) is 10.0. The molecule has 10 nitrogen and oxygen atoms in total. The average Bonchev–Trinajstić information content (AvgIpc) is 3.12. The number of benzene rings is 1. The SMILES string of the molecule is Cn1cnc2c(C(N)=O)c(N3CCC[C@@H](NC(=O)OC(C)(C)C)C3)n(Cc3cc(F)ccc3Cl)c2c1=O. The zero-order valence-electron chi connectivity index (χ0n) is 21.2. The van der Waals surface area contributed by atoms with E-state index in [0.29, 0.717) is 42.3 Å². The summed E-state index contributed by atoms with van der Waals surface area (Å²) in [5.41, 5.74) is 5.57. The molecule has 37 heavy (non-hydrogen) atoms. The first kappa shape index (κ1) is 26.5. The highest BCUT2D eigenvalue weighted by atomic mass is 35.5. The molecule has 3 heterocycles. The van der Waals surface area contributed by atoms with E-state index in [0.717, 1.165) is 0 Å². The molecule has 4 rings (SSSR count). The van der Waals surface area contributed by atoms with E-state index in [4.69, 9.17) is 22.1 Å². The van der Waals surface area contributed by atoms with Gasteiger partial charge in [0.25, 0.3) is 11.5 Å². The molecule has 1 fully saturated rings. The van der Waals surface area contributed by atoms with E-state index in [9.17, 15) is 18.8 Å². The monoisotopic (exact) mass is 532 g/mol. The Kier molecular flexibility index (Phi) is 7.18. The third-order valence-corrected chi connectivity index (χ3v) is 6.49. The molecule has 1 atom stereocenters. The molecule has 2 aromatic heterocycles. The van der Waals surface area contributed by atoms with Gasteiger partial charge in [0.1, 0.15) is 33.8 Å². The Hall–Kier alpha value is -3.60. The van der Waals surface area contributed by atoms with E-state index >= 15 is 0 Å². The van der Waals surface area contributed by atoms with Crippen LogP contribution in [-0.2, 0) is 18.3 Å². The van der Waals surface area contributed by atoms with E-state index in [-0.39, 0.29) is 29.2 Å². The summed E-state index contributed by atoms with van der Waals surface area (Å²) in [6.45, 7) is 6.19. The van der Waals surface area contributed by atoms with Gasteiger partial charge >= 0.3 is 6.09 Å². The van der Waals surface area contributed by atoms with Gasteiger partial charge in [-0.05, 0) is 57.4 Å². The van der Waals surface area contributed by atoms with Crippen LogP contribution in [-0.4, -0.2) is 50.9 Å².